The first-order valence-electron chi connectivity index (χ1n) is 5.14. The maximum atomic E-state index is 13.1. The van der Waals surface area contributed by atoms with Gasteiger partial charge in [-0.05, 0) is 31.0 Å². The van der Waals surface area contributed by atoms with Crippen molar-refractivity contribution in [2.45, 2.75) is 18.9 Å². The van der Waals surface area contributed by atoms with Crippen molar-refractivity contribution >= 4 is 11.4 Å². The summed E-state index contributed by atoms with van der Waals surface area (Å²) < 4.78 is 13.1. The fourth-order valence-electron chi connectivity index (χ4n) is 1.78. The molecule has 3 nitrogen and oxygen atoms in total. The van der Waals surface area contributed by atoms with Gasteiger partial charge < -0.3 is 15.7 Å². The Morgan fingerprint density at radius 1 is 1.40 bits per heavy atom. The van der Waals surface area contributed by atoms with Crippen molar-refractivity contribution in [2.24, 2.45) is 0 Å². The average Bonchev–Trinajstić information content (AvgIpc) is 2.95. The number of nitrogen functional groups attached to an aromatic ring is 1. The van der Waals surface area contributed by atoms with Crippen LogP contribution in [0.2, 0.25) is 0 Å². The van der Waals surface area contributed by atoms with Crippen molar-refractivity contribution in [1.29, 1.82) is 0 Å². The highest BCUT2D eigenvalue weighted by molar-refractivity contribution is 5.57. The molecule has 1 aliphatic rings. The maximum Gasteiger partial charge on any atom is 0.127 e. The van der Waals surface area contributed by atoms with Gasteiger partial charge in [0.2, 0.25) is 0 Å². The Hall–Kier alpha value is -1.29. The minimum absolute atomic E-state index is 0.0763. The number of rotatable bonds is 4. The second-order valence-electron chi connectivity index (χ2n) is 3.89. The van der Waals surface area contributed by atoms with Crippen LogP contribution >= 0.6 is 0 Å². The zero-order chi connectivity index (χ0) is 10.8. The minimum Gasteiger partial charge on any atom is -0.399 e. The molecule has 15 heavy (non-hydrogen) atoms. The van der Waals surface area contributed by atoms with E-state index >= 15 is 0 Å². The van der Waals surface area contributed by atoms with Crippen LogP contribution in [0.15, 0.2) is 18.2 Å². The molecular weight excluding hydrogens is 195 g/mol. The lowest BCUT2D eigenvalue weighted by Crippen LogP contribution is -2.28. The standard InChI is InChI=1S/C11H15FN2O/c12-8-5-9(13)7-11(6-8)14(3-4-15)10-1-2-10/h5-7,10,15H,1-4,13H2. The Morgan fingerprint density at radius 2 is 2.13 bits per heavy atom. The van der Waals surface area contributed by atoms with Gasteiger partial charge in [-0.2, -0.15) is 0 Å². The summed E-state index contributed by atoms with van der Waals surface area (Å²) in [5, 5.41) is 8.95. The molecule has 1 aromatic rings. The van der Waals surface area contributed by atoms with Crippen molar-refractivity contribution in [3.05, 3.63) is 24.0 Å². The zero-order valence-electron chi connectivity index (χ0n) is 8.49. The van der Waals surface area contributed by atoms with Crippen LogP contribution in [0.5, 0.6) is 0 Å². The molecule has 3 N–H and O–H groups in total. The maximum absolute atomic E-state index is 13.1. The summed E-state index contributed by atoms with van der Waals surface area (Å²) in [7, 11) is 0. The molecule has 4 heteroatoms. The summed E-state index contributed by atoms with van der Waals surface area (Å²) >= 11 is 0. The highest BCUT2D eigenvalue weighted by Gasteiger charge is 2.29. The lowest BCUT2D eigenvalue weighted by molar-refractivity contribution is 0.301. The van der Waals surface area contributed by atoms with Crippen molar-refractivity contribution < 1.29 is 9.50 Å². The molecule has 2 rings (SSSR count). The van der Waals surface area contributed by atoms with E-state index in [0.717, 1.165) is 18.5 Å². The van der Waals surface area contributed by atoms with Crippen molar-refractivity contribution in [3.8, 4) is 0 Å². The van der Waals surface area contributed by atoms with E-state index < -0.39 is 0 Å². The van der Waals surface area contributed by atoms with Gasteiger partial charge in [0.15, 0.2) is 0 Å². The number of benzene rings is 1. The molecule has 0 aromatic heterocycles. The van der Waals surface area contributed by atoms with Gasteiger partial charge in [-0.15, -0.1) is 0 Å². The van der Waals surface area contributed by atoms with E-state index in [1.165, 1.54) is 12.1 Å². The number of aliphatic hydroxyl groups is 1. The molecular formula is C11H15FN2O. The van der Waals surface area contributed by atoms with E-state index in [1.54, 1.807) is 6.07 Å². The number of hydrogen-bond acceptors (Lipinski definition) is 3. The zero-order valence-corrected chi connectivity index (χ0v) is 8.49. The van der Waals surface area contributed by atoms with Gasteiger partial charge in [0.05, 0.1) is 6.61 Å². The molecule has 0 bridgehead atoms. The molecule has 0 spiro atoms. The van der Waals surface area contributed by atoms with Gasteiger partial charge in [-0.1, -0.05) is 0 Å². The van der Waals surface area contributed by atoms with Crippen LogP contribution in [0.3, 0.4) is 0 Å². The molecule has 1 fully saturated rings. The van der Waals surface area contributed by atoms with Gasteiger partial charge in [-0.3, -0.25) is 0 Å². The first kappa shape index (κ1) is 10.2. The highest BCUT2D eigenvalue weighted by atomic mass is 19.1. The van der Waals surface area contributed by atoms with Crippen LogP contribution in [-0.2, 0) is 0 Å². The molecule has 0 atom stereocenters. The Kier molecular flexibility index (Phi) is 2.77. The fourth-order valence-corrected chi connectivity index (χ4v) is 1.78. The van der Waals surface area contributed by atoms with Gasteiger partial charge in [0, 0.05) is 24.0 Å². The monoisotopic (exact) mass is 210 g/mol. The van der Waals surface area contributed by atoms with Gasteiger partial charge in [0.1, 0.15) is 5.82 Å². The van der Waals surface area contributed by atoms with E-state index in [1.807, 2.05) is 4.90 Å². The molecule has 0 aliphatic heterocycles. The van der Waals surface area contributed by atoms with Gasteiger partial charge in [-0.25, -0.2) is 4.39 Å². The molecule has 0 amide bonds. The average molecular weight is 210 g/mol. The Bertz CT molecular complexity index is 332. The van der Waals surface area contributed by atoms with Crippen LogP contribution < -0.4 is 10.6 Å². The van der Waals surface area contributed by atoms with E-state index in [4.69, 9.17) is 10.8 Å². The number of nitrogens with zero attached hydrogens (tertiary/aromatic N) is 1. The van der Waals surface area contributed by atoms with Gasteiger partial charge in [0.25, 0.3) is 0 Å². The molecule has 0 saturated heterocycles. The quantitative estimate of drug-likeness (QED) is 0.738. The Labute approximate surface area is 88.3 Å². The minimum atomic E-state index is -0.325. The number of aliphatic hydroxyl groups excluding tert-OH is 1. The van der Waals surface area contributed by atoms with Gasteiger partial charge >= 0.3 is 0 Å². The first-order valence-corrected chi connectivity index (χ1v) is 5.14. The summed E-state index contributed by atoms with van der Waals surface area (Å²) in [6, 6.07) is 4.95. The summed E-state index contributed by atoms with van der Waals surface area (Å²) in [5.41, 5.74) is 6.78. The fraction of sp³-hybridized carbons (Fsp3) is 0.455. The predicted octanol–water partition coefficient (Wildman–Crippen LogP) is 1.37. The van der Waals surface area contributed by atoms with Crippen molar-refractivity contribution in [2.75, 3.05) is 23.8 Å². The normalized spacial score (nSPS) is 15.3. The van der Waals surface area contributed by atoms with Crippen molar-refractivity contribution in [3.63, 3.8) is 0 Å². The third kappa shape index (κ3) is 2.39. The SMILES string of the molecule is Nc1cc(F)cc(N(CCO)C2CC2)c1. The third-order valence-electron chi connectivity index (χ3n) is 2.57. The van der Waals surface area contributed by atoms with Crippen LogP contribution in [0.4, 0.5) is 15.8 Å². The van der Waals surface area contributed by atoms with E-state index in [2.05, 4.69) is 0 Å². The second kappa shape index (κ2) is 4.06. The summed E-state index contributed by atoms with van der Waals surface area (Å²) in [4.78, 5) is 2.01. The smallest absolute Gasteiger partial charge is 0.127 e. The predicted molar refractivity (Wildman–Crippen MR) is 58.3 cm³/mol. The van der Waals surface area contributed by atoms with E-state index in [-0.39, 0.29) is 12.4 Å². The molecule has 0 radical (unpaired) electrons. The number of halogens is 1. The van der Waals surface area contributed by atoms with Crippen molar-refractivity contribution in [1.82, 2.24) is 0 Å². The lowest BCUT2D eigenvalue weighted by atomic mass is 10.2. The van der Waals surface area contributed by atoms with Crippen LogP contribution in [-0.4, -0.2) is 24.3 Å². The molecule has 0 heterocycles. The van der Waals surface area contributed by atoms with E-state index in [0.29, 0.717) is 18.3 Å². The molecule has 0 unspecified atom stereocenters. The second-order valence-corrected chi connectivity index (χ2v) is 3.89. The number of nitrogens with two attached hydrogens (primary N) is 1. The molecule has 82 valence electrons. The molecule has 1 aliphatic carbocycles. The molecule has 1 saturated carbocycles. The van der Waals surface area contributed by atoms with E-state index in [9.17, 15) is 4.39 Å². The largest absolute Gasteiger partial charge is 0.399 e. The lowest BCUT2D eigenvalue weighted by Gasteiger charge is -2.24. The van der Waals surface area contributed by atoms with Crippen LogP contribution in [0.1, 0.15) is 12.8 Å². The Morgan fingerprint density at radius 3 is 2.67 bits per heavy atom. The summed E-state index contributed by atoms with van der Waals surface area (Å²) in [6.45, 7) is 0.612. The summed E-state index contributed by atoms with van der Waals surface area (Å²) in [5.74, 6) is -0.325. The Balaban J connectivity index is 2.24. The highest BCUT2D eigenvalue weighted by Crippen LogP contribution is 2.32. The number of hydrogen-bond donors (Lipinski definition) is 2. The summed E-state index contributed by atoms with van der Waals surface area (Å²) in [6.07, 6.45) is 2.22. The third-order valence-corrected chi connectivity index (χ3v) is 2.57. The molecule has 1 aromatic carbocycles. The first-order chi connectivity index (χ1) is 7.20. The number of anilines is 2. The topological polar surface area (TPSA) is 49.5 Å². The van der Waals surface area contributed by atoms with Crippen LogP contribution in [0, 0.1) is 5.82 Å². The van der Waals surface area contributed by atoms with Crippen LogP contribution in [0.25, 0.3) is 0 Å².